The number of benzene rings is 1. The number of aromatic nitrogens is 1. The van der Waals surface area contributed by atoms with Gasteiger partial charge in [0.25, 0.3) is 11.6 Å². The third-order valence-electron chi connectivity index (χ3n) is 2.54. The zero-order chi connectivity index (χ0) is 15.6. The van der Waals surface area contributed by atoms with E-state index in [2.05, 4.69) is 42.2 Å². The lowest BCUT2D eigenvalue weighted by Gasteiger charge is -2.09. The number of halogens is 2. The van der Waals surface area contributed by atoms with Crippen molar-refractivity contribution in [2.75, 3.05) is 11.1 Å². The van der Waals surface area contributed by atoms with E-state index in [0.29, 0.717) is 10.2 Å². The van der Waals surface area contributed by atoms with Gasteiger partial charge in [-0.15, -0.1) is 0 Å². The molecule has 108 valence electrons. The number of hydrogen-bond donors (Lipinski definition) is 2. The van der Waals surface area contributed by atoms with E-state index in [9.17, 15) is 14.9 Å². The van der Waals surface area contributed by atoms with E-state index in [4.69, 9.17) is 5.73 Å². The number of anilines is 2. The monoisotopic (exact) mass is 414 g/mol. The number of nitrogen functional groups attached to an aromatic ring is 1. The van der Waals surface area contributed by atoms with E-state index < -0.39 is 10.8 Å². The Labute approximate surface area is 136 Å². The number of nitrogens with one attached hydrogen (secondary N) is 1. The molecule has 0 saturated carbocycles. The minimum atomic E-state index is -0.640. The molecule has 2 aromatic rings. The molecule has 0 atom stereocenters. The molecule has 0 unspecified atom stereocenters. The molecule has 1 aromatic carbocycles. The molecule has 1 amide bonds. The molecule has 0 bridgehead atoms. The summed E-state index contributed by atoms with van der Waals surface area (Å²) in [6.07, 6.45) is 1.00. The van der Waals surface area contributed by atoms with Crippen molar-refractivity contribution in [3.05, 3.63) is 55.1 Å². The van der Waals surface area contributed by atoms with Crippen LogP contribution in [0.2, 0.25) is 0 Å². The first-order chi connectivity index (χ1) is 9.88. The van der Waals surface area contributed by atoms with Gasteiger partial charge in [0.05, 0.1) is 16.2 Å². The van der Waals surface area contributed by atoms with Gasteiger partial charge in [0.1, 0.15) is 12.0 Å². The normalized spacial score (nSPS) is 10.2. The molecule has 0 radical (unpaired) electrons. The smallest absolute Gasteiger partial charge is 0.288 e. The first-order valence-corrected chi connectivity index (χ1v) is 7.13. The molecule has 0 saturated heterocycles. The number of rotatable bonds is 3. The number of carbonyl (C=O) groups is 1. The highest BCUT2D eigenvalue weighted by Crippen LogP contribution is 2.27. The maximum atomic E-state index is 12.2. The summed E-state index contributed by atoms with van der Waals surface area (Å²) in [5.74, 6) is -0.655. The van der Waals surface area contributed by atoms with Crippen molar-refractivity contribution in [3.63, 3.8) is 0 Å². The predicted molar refractivity (Wildman–Crippen MR) is 85.1 cm³/mol. The van der Waals surface area contributed by atoms with E-state index in [-0.39, 0.29) is 17.1 Å². The molecule has 1 heterocycles. The molecule has 0 spiro atoms. The van der Waals surface area contributed by atoms with E-state index >= 15 is 0 Å². The van der Waals surface area contributed by atoms with Gasteiger partial charge in [0.15, 0.2) is 0 Å². The average molecular weight is 416 g/mol. The van der Waals surface area contributed by atoms with Gasteiger partial charge < -0.3 is 11.1 Å². The first-order valence-electron chi connectivity index (χ1n) is 5.55. The Balaban J connectivity index is 2.32. The highest BCUT2D eigenvalue weighted by atomic mass is 79.9. The van der Waals surface area contributed by atoms with Crippen molar-refractivity contribution in [1.29, 1.82) is 0 Å². The van der Waals surface area contributed by atoms with Gasteiger partial charge >= 0.3 is 0 Å². The number of hydrogen-bond acceptors (Lipinski definition) is 5. The summed E-state index contributed by atoms with van der Waals surface area (Å²) in [5.41, 5.74) is 5.74. The summed E-state index contributed by atoms with van der Waals surface area (Å²) in [7, 11) is 0. The van der Waals surface area contributed by atoms with E-state index in [0.717, 1.165) is 16.7 Å². The van der Waals surface area contributed by atoms with Crippen LogP contribution in [0, 0.1) is 10.1 Å². The zero-order valence-electron chi connectivity index (χ0n) is 10.3. The third kappa shape index (κ3) is 3.56. The quantitative estimate of drug-likeness (QED) is 0.589. The summed E-state index contributed by atoms with van der Waals surface area (Å²) in [5, 5.41) is 13.3. The fourth-order valence-corrected chi connectivity index (χ4v) is 2.67. The maximum absolute atomic E-state index is 12.2. The number of carbonyl (C=O) groups excluding carboxylic acids is 1. The summed E-state index contributed by atoms with van der Waals surface area (Å²) in [6, 6.07) is 6.26. The Hall–Kier alpha value is -2.00. The average Bonchev–Trinajstić information content (AvgIpc) is 2.42. The molecular formula is C12H8Br2N4O3. The summed E-state index contributed by atoms with van der Waals surface area (Å²) in [4.78, 5) is 25.9. The second-order valence-corrected chi connectivity index (χ2v) is 5.73. The van der Waals surface area contributed by atoms with Crippen LogP contribution in [0.1, 0.15) is 10.4 Å². The molecule has 1 aromatic heterocycles. The highest BCUT2D eigenvalue weighted by Gasteiger charge is 2.17. The van der Waals surface area contributed by atoms with Gasteiger partial charge in [-0.2, -0.15) is 0 Å². The number of nitrogens with two attached hydrogens (primary N) is 1. The van der Waals surface area contributed by atoms with Crippen molar-refractivity contribution < 1.29 is 9.72 Å². The summed E-state index contributed by atoms with van der Waals surface area (Å²) in [6.45, 7) is 0. The lowest BCUT2D eigenvalue weighted by atomic mass is 10.2. The van der Waals surface area contributed by atoms with E-state index in [1.165, 1.54) is 0 Å². The molecule has 2 rings (SSSR count). The summed E-state index contributed by atoms with van der Waals surface area (Å²) >= 11 is 6.60. The molecule has 3 N–H and O–H groups in total. The maximum Gasteiger partial charge on any atom is 0.288 e. The Bertz CT molecular complexity index is 736. The molecule has 0 fully saturated rings. The molecule has 0 aliphatic carbocycles. The Kier molecular flexibility index (Phi) is 4.53. The summed E-state index contributed by atoms with van der Waals surface area (Å²) < 4.78 is 1.49. The van der Waals surface area contributed by atoms with Crippen molar-refractivity contribution in [2.24, 2.45) is 0 Å². The zero-order valence-corrected chi connectivity index (χ0v) is 13.5. The topological polar surface area (TPSA) is 111 Å². The minimum Gasteiger partial charge on any atom is -0.383 e. The standard InChI is InChI=1S/C12H8Br2N4O3/c13-6-1-2-10(9(14)3-6)17-12(19)8-4-7(18(20)21)5-16-11(8)15/h1-5H,(H2,15,16)(H,17,19). The lowest BCUT2D eigenvalue weighted by Crippen LogP contribution is -2.15. The van der Waals surface area contributed by atoms with Crippen molar-refractivity contribution in [1.82, 2.24) is 4.98 Å². The number of nitrogens with zero attached hydrogens (tertiary/aromatic N) is 2. The van der Waals surface area contributed by atoms with Crippen LogP contribution < -0.4 is 11.1 Å². The van der Waals surface area contributed by atoms with Gasteiger partial charge in [0.2, 0.25) is 0 Å². The fraction of sp³-hybridized carbons (Fsp3) is 0. The Morgan fingerprint density at radius 3 is 2.67 bits per heavy atom. The van der Waals surface area contributed by atoms with Gasteiger partial charge in [-0.3, -0.25) is 14.9 Å². The molecular weight excluding hydrogens is 408 g/mol. The van der Waals surface area contributed by atoms with Crippen LogP contribution in [-0.2, 0) is 0 Å². The number of pyridine rings is 1. The van der Waals surface area contributed by atoms with Crippen molar-refractivity contribution in [3.8, 4) is 0 Å². The van der Waals surface area contributed by atoms with Gasteiger partial charge in [-0.25, -0.2) is 4.98 Å². The molecule has 0 aliphatic heterocycles. The van der Waals surface area contributed by atoms with Crippen LogP contribution in [0.5, 0.6) is 0 Å². The second kappa shape index (κ2) is 6.19. The number of amides is 1. The van der Waals surface area contributed by atoms with Crippen LogP contribution in [0.15, 0.2) is 39.4 Å². The van der Waals surface area contributed by atoms with Gasteiger partial charge in [-0.05, 0) is 34.1 Å². The minimum absolute atomic E-state index is 0.0565. The first kappa shape index (κ1) is 15.4. The molecule has 21 heavy (non-hydrogen) atoms. The van der Waals surface area contributed by atoms with Gasteiger partial charge in [0, 0.05) is 15.0 Å². The van der Waals surface area contributed by atoms with Crippen LogP contribution in [0.25, 0.3) is 0 Å². The van der Waals surface area contributed by atoms with Crippen LogP contribution >= 0.6 is 31.9 Å². The number of nitro groups is 1. The molecule has 9 heteroatoms. The van der Waals surface area contributed by atoms with Crippen LogP contribution in [-0.4, -0.2) is 15.8 Å². The SMILES string of the molecule is Nc1ncc([N+](=O)[O-])cc1C(=O)Nc1ccc(Br)cc1Br. The van der Waals surface area contributed by atoms with E-state index in [1.807, 2.05) is 0 Å². The van der Waals surface area contributed by atoms with E-state index in [1.54, 1.807) is 18.2 Å². The fourth-order valence-electron chi connectivity index (χ4n) is 1.53. The second-order valence-electron chi connectivity index (χ2n) is 3.96. The largest absolute Gasteiger partial charge is 0.383 e. The lowest BCUT2D eigenvalue weighted by molar-refractivity contribution is -0.385. The van der Waals surface area contributed by atoms with Crippen LogP contribution in [0.3, 0.4) is 0 Å². The van der Waals surface area contributed by atoms with Crippen molar-refractivity contribution in [2.45, 2.75) is 0 Å². The molecule has 0 aliphatic rings. The van der Waals surface area contributed by atoms with Crippen LogP contribution in [0.4, 0.5) is 17.2 Å². The molecule has 7 nitrogen and oxygen atoms in total. The van der Waals surface area contributed by atoms with Gasteiger partial charge in [-0.1, -0.05) is 15.9 Å². The third-order valence-corrected chi connectivity index (χ3v) is 3.69. The highest BCUT2D eigenvalue weighted by molar-refractivity contribution is 9.11. The van der Waals surface area contributed by atoms with Crippen molar-refractivity contribution >= 4 is 55.0 Å². The Morgan fingerprint density at radius 2 is 2.05 bits per heavy atom. The Morgan fingerprint density at radius 1 is 1.33 bits per heavy atom. The predicted octanol–water partition coefficient (Wildman–Crippen LogP) is 3.35.